The molecule has 16 heavy (non-hydrogen) atoms. The number of aromatic nitrogens is 3. The zero-order valence-corrected chi connectivity index (χ0v) is 11.2. The van der Waals surface area contributed by atoms with Crippen LogP contribution in [0.4, 0.5) is 0 Å². The minimum Gasteiger partial charge on any atom is -0.481 e. The van der Waals surface area contributed by atoms with Crippen molar-refractivity contribution in [2.75, 3.05) is 7.11 Å². The summed E-state index contributed by atoms with van der Waals surface area (Å²) in [4.78, 5) is 12.5. The summed E-state index contributed by atoms with van der Waals surface area (Å²) in [6.07, 6.45) is 1.66. The van der Waals surface area contributed by atoms with E-state index in [1.54, 1.807) is 25.4 Å². The van der Waals surface area contributed by atoms with Gasteiger partial charge in [-0.2, -0.15) is 0 Å². The summed E-state index contributed by atoms with van der Waals surface area (Å²) in [6.45, 7) is 0. The molecule has 0 spiro atoms. The first kappa shape index (κ1) is 11.5. The lowest BCUT2D eigenvalue weighted by Gasteiger charge is -2.03. The second kappa shape index (κ2) is 4.92. The van der Waals surface area contributed by atoms with Gasteiger partial charge in [-0.15, -0.1) is 0 Å². The molecule has 0 aliphatic carbocycles. The smallest absolute Gasteiger partial charge is 0.213 e. The van der Waals surface area contributed by atoms with E-state index >= 15 is 0 Å². The highest BCUT2D eigenvalue weighted by atomic mass is 127. The molecule has 0 fully saturated rings. The number of hydrogen-bond acceptors (Lipinski definition) is 4. The van der Waals surface area contributed by atoms with Crippen molar-refractivity contribution in [3.8, 4) is 17.4 Å². The Hall–Kier alpha value is -0.950. The number of rotatable bonds is 2. The Morgan fingerprint density at radius 1 is 1.31 bits per heavy atom. The zero-order chi connectivity index (χ0) is 11.5. The highest BCUT2D eigenvalue weighted by Gasteiger charge is 2.07. The van der Waals surface area contributed by atoms with Gasteiger partial charge >= 0.3 is 0 Å². The van der Waals surface area contributed by atoms with Crippen molar-refractivity contribution in [2.45, 2.75) is 0 Å². The fraction of sp³-hybridized carbons (Fsp3) is 0.100. The number of nitrogens with zero attached hydrogens (tertiary/aromatic N) is 3. The van der Waals surface area contributed by atoms with E-state index in [-0.39, 0.29) is 0 Å². The Kier molecular flexibility index (Phi) is 3.55. The summed E-state index contributed by atoms with van der Waals surface area (Å²) in [7, 11) is 1.56. The summed E-state index contributed by atoms with van der Waals surface area (Å²) in [5, 5.41) is 0.426. The van der Waals surface area contributed by atoms with Gasteiger partial charge in [-0.1, -0.05) is 17.7 Å². The molecule has 2 rings (SSSR count). The van der Waals surface area contributed by atoms with Crippen LogP contribution in [0.15, 0.2) is 24.4 Å². The van der Waals surface area contributed by atoms with Gasteiger partial charge in [0, 0.05) is 12.3 Å². The van der Waals surface area contributed by atoms with Crippen molar-refractivity contribution in [1.29, 1.82) is 0 Å². The fourth-order valence-corrected chi connectivity index (χ4v) is 1.51. The molecule has 0 saturated heterocycles. The number of halogens is 2. The molecule has 0 unspecified atom stereocenters. The van der Waals surface area contributed by atoms with Gasteiger partial charge in [-0.25, -0.2) is 15.0 Å². The van der Waals surface area contributed by atoms with Gasteiger partial charge in [0.1, 0.15) is 10.8 Å². The SMILES string of the molecule is COc1cccc(-c2ncc(I)c(Cl)n2)n1. The molecule has 82 valence electrons. The lowest BCUT2D eigenvalue weighted by Crippen LogP contribution is -1.95. The first-order chi connectivity index (χ1) is 7.70. The molecule has 0 bridgehead atoms. The molecular formula is C10H7ClIN3O. The maximum absolute atomic E-state index is 5.92. The van der Waals surface area contributed by atoms with Crippen LogP contribution in [0.1, 0.15) is 0 Å². The average Bonchev–Trinajstić information content (AvgIpc) is 2.33. The van der Waals surface area contributed by atoms with Gasteiger partial charge in [0.05, 0.1) is 10.7 Å². The Morgan fingerprint density at radius 2 is 2.12 bits per heavy atom. The van der Waals surface area contributed by atoms with Gasteiger partial charge in [-0.05, 0) is 28.7 Å². The molecule has 2 heterocycles. The minimum atomic E-state index is 0.426. The molecule has 2 aromatic heterocycles. The van der Waals surface area contributed by atoms with Crippen LogP contribution in [-0.2, 0) is 0 Å². The standard InChI is InChI=1S/C10H7ClIN3O/c1-16-8-4-2-3-7(14-8)10-13-5-6(12)9(11)15-10/h2-5H,1H3. The van der Waals surface area contributed by atoms with Crippen LogP contribution in [0.3, 0.4) is 0 Å². The van der Waals surface area contributed by atoms with Gasteiger partial charge in [-0.3, -0.25) is 0 Å². The Balaban J connectivity index is 2.46. The third kappa shape index (κ3) is 2.41. The van der Waals surface area contributed by atoms with Crippen molar-refractivity contribution < 1.29 is 4.74 Å². The molecule has 2 aromatic rings. The van der Waals surface area contributed by atoms with Crippen LogP contribution in [0, 0.1) is 3.57 Å². The van der Waals surface area contributed by atoms with Crippen molar-refractivity contribution in [2.24, 2.45) is 0 Å². The van der Waals surface area contributed by atoms with Crippen molar-refractivity contribution in [3.63, 3.8) is 0 Å². The molecule has 0 amide bonds. The maximum Gasteiger partial charge on any atom is 0.213 e. The van der Waals surface area contributed by atoms with E-state index in [1.807, 2.05) is 6.07 Å². The molecule has 6 heteroatoms. The van der Waals surface area contributed by atoms with Crippen LogP contribution in [0.5, 0.6) is 5.88 Å². The second-order valence-corrected chi connectivity index (χ2v) is 4.42. The van der Waals surface area contributed by atoms with E-state index < -0.39 is 0 Å². The molecule has 0 aliphatic rings. The van der Waals surface area contributed by atoms with Gasteiger partial charge in [0.2, 0.25) is 5.88 Å². The van der Waals surface area contributed by atoms with Crippen LogP contribution in [0.25, 0.3) is 11.5 Å². The van der Waals surface area contributed by atoms with Crippen molar-refractivity contribution >= 4 is 34.2 Å². The number of pyridine rings is 1. The van der Waals surface area contributed by atoms with E-state index in [0.717, 1.165) is 3.57 Å². The van der Waals surface area contributed by atoms with Crippen LogP contribution in [0.2, 0.25) is 5.15 Å². The maximum atomic E-state index is 5.92. The highest BCUT2D eigenvalue weighted by Crippen LogP contribution is 2.20. The Bertz CT molecular complexity index is 521. The highest BCUT2D eigenvalue weighted by molar-refractivity contribution is 14.1. The average molecular weight is 348 g/mol. The second-order valence-electron chi connectivity index (χ2n) is 2.90. The predicted molar refractivity (Wildman–Crippen MR) is 69.5 cm³/mol. The van der Waals surface area contributed by atoms with Crippen LogP contribution >= 0.6 is 34.2 Å². The quantitative estimate of drug-likeness (QED) is 0.619. The number of methoxy groups -OCH3 is 1. The predicted octanol–water partition coefficient (Wildman–Crippen LogP) is 2.81. The summed E-state index contributed by atoms with van der Waals surface area (Å²) >= 11 is 7.99. The first-order valence-electron chi connectivity index (χ1n) is 4.40. The monoisotopic (exact) mass is 347 g/mol. The lowest BCUT2D eigenvalue weighted by molar-refractivity contribution is 0.398. The molecule has 0 radical (unpaired) electrons. The molecule has 0 aromatic carbocycles. The van der Waals surface area contributed by atoms with Crippen LogP contribution in [-0.4, -0.2) is 22.1 Å². The summed E-state index contributed by atoms with van der Waals surface area (Å²) in [5.74, 6) is 1.01. The van der Waals surface area contributed by atoms with Crippen LogP contribution < -0.4 is 4.74 Å². The van der Waals surface area contributed by atoms with E-state index in [4.69, 9.17) is 16.3 Å². The lowest BCUT2D eigenvalue weighted by atomic mass is 10.3. The zero-order valence-electron chi connectivity index (χ0n) is 8.32. The van der Waals surface area contributed by atoms with Crippen molar-refractivity contribution in [1.82, 2.24) is 15.0 Å². The summed E-state index contributed by atoms with van der Waals surface area (Å²) in [5.41, 5.74) is 0.637. The molecule has 0 N–H and O–H groups in total. The Morgan fingerprint density at radius 3 is 2.81 bits per heavy atom. The van der Waals surface area contributed by atoms with Gasteiger partial charge in [0.25, 0.3) is 0 Å². The molecule has 4 nitrogen and oxygen atoms in total. The summed E-state index contributed by atoms with van der Waals surface area (Å²) < 4.78 is 5.84. The van der Waals surface area contributed by atoms with Gasteiger partial charge in [0.15, 0.2) is 5.82 Å². The summed E-state index contributed by atoms with van der Waals surface area (Å²) in [6, 6.07) is 5.40. The number of hydrogen-bond donors (Lipinski definition) is 0. The molecular weight excluding hydrogens is 340 g/mol. The van der Waals surface area contributed by atoms with E-state index in [1.165, 1.54) is 0 Å². The third-order valence-corrected chi connectivity index (χ3v) is 3.26. The van der Waals surface area contributed by atoms with E-state index in [9.17, 15) is 0 Å². The minimum absolute atomic E-state index is 0.426. The topological polar surface area (TPSA) is 47.9 Å². The van der Waals surface area contributed by atoms with E-state index in [2.05, 4.69) is 37.5 Å². The molecule has 0 aliphatic heterocycles. The fourth-order valence-electron chi connectivity index (χ4n) is 1.12. The van der Waals surface area contributed by atoms with Gasteiger partial charge < -0.3 is 4.74 Å². The largest absolute Gasteiger partial charge is 0.481 e. The normalized spacial score (nSPS) is 10.2. The Labute approximate surface area is 111 Å². The number of ether oxygens (including phenoxy) is 1. The third-order valence-electron chi connectivity index (χ3n) is 1.86. The molecule has 0 saturated carbocycles. The van der Waals surface area contributed by atoms with E-state index in [0.29, 0.717) is 22.6 Å². The molecule has 0 atom stereocenters. The first-order valence-corrected chi connectivity index (χ1v) is 5.86. The van der Waals surface area contributed by atoms with Crippen molar-refractivity contribution in [3.05, 3.63) is 33.1 Å².